The van der Waals surface area contributed by atoms with Gasteiger partial charge in [0.15, 0.2) is 5.78 Å². The summed E-state index contributed by atoms with van der Waals surface area (Å²) in [6.45, 7) is 0.710. The van der Waals surface area contributed by atoms with Gasteiger partial charge in [0, 0.05) is 22.7 Å². The zero-order chi connectivity index (χ0) is 22.7. The van der Waals surface area contributed by atoms with Gasteiger partial charge in [0.2, 0.25) is 0 Å². The molecule has 4 nitrogen and oxygen atoms in total. The van der Waals surface area contributed by atoms with E-state index in [1.54, 1.807) is 12.1 Å². The van der Waals surface area contributed by atoms with Crippen LogP contribution in [-0.4, -0.2) is 23.6 Å². The first kappa shape index (κ1) is 22.9. The molecule has 32 heavy (non-hydrogen) atoms. The fourth-order valence-electron chi connectivity index (χ4n) is 3.51. The molecular weight excluding hydrogens is 497 g/mol. The summed E-state index contributed by atoms with van der Waals surface area (Å²) in [5, 5.41) is -0.0729. The van der Waals surface area contributed by atoms with Crippen molar-refractivity contribution >= 4 is 33.3 Å². The Hall–Kier alpha value is -2.28. The first-order valence-corrected chi connectivity index (χ1v) is 11.6. The standard InChI is InChI=1S/C25H22BrClFNO3/c26-19-9-8-18(22(28)11-19)10-20-21(23(30)15-32-14-17-6-7-17)13-29(25(31)24(20)27)12-16-4-2-1-3-5-16/h1-5,8-9,11,13,17H,6-7,10,12,14-15H2. The van der Waals surface area contributed by atoms with Crippen LogP contribution < -0.4 is 5.56 Å². The van der Waals surface area contributed by atoms with Gasteiger partial charge in [-0.2, -0.15) is 0 Å². The molecule has 0 spiro atoms. The van der Waals surface area contributed by atoms with E-state index in [2.05, 4.69) is 15.9 Å². The summed E-state index contributed by atoms with van der Waals surface area (Å²) >= 11 is 9.73. The number of ketones is 1. The number of aromatic nitrogens is 1. The normalized spacial score (nSPS) is 13.3. The summed E-state index contributed by atoms with van der Waals surface area (Å²) < 4.78 is 22.1. The first-order chi connectivity index (χ1) is 15.4. The van der Waals surface area contributed by atoms with Crippen molar-refractivity contribution in [2.24, 2.45) is 5.92 Å². The Balaban J connectivity index is 1.70. The molecule has 3 aromatic rings. The smallest absolute Gasteiger partial charge is 0.269 e. The topological polar surface area (TPSA) is 48.3 Å². The highest BCUT2D eigenvalue weighted by molar-refractivity contribution is 9.10. The summed E-state index contributed by atoms with van der Waals surface area (Å²) in [4.78, 5) is 26.1. The maximum atomic E-state index is 14.5. The van der Waals surface area contributed by atoms with Gasteiger partial charge >= 0.3 is 0 Å². The number of Topliss-reactive ketones (excluding diaryl/α,β-unsaturated/α-hetero) is 1. The third-order valence-corrected chi connectivity index (χ3v) is 6.37. The second kappa shape index (κ2) is 10.1. The lowest BCUT2D eigenvalue weighted by Gasteiger charge is -2.16. The van der Waals surface area contributed by atoms with Gasteiger partial charge < -0.3 is 9.30 Å². The Labute approximate surface area is 199 Å². The number of halogens is 3. The highest BCUT2D eigenvalue weighted by Gasteiger charge is 2.24. The molecule has 4 rings (SSSR count). The molecule has 0 saturated heterocycles. The molecule has 0 radical (unpaired) electrons. The van der Waals surface area contributed by atoms with Gasteiger partial charge in [-0.3, -0.25) is 9.59 Å². The van der Waals surface area contributed by atoms with Gasteiger partial charge in [-0.15, -0.1) is 0 Å². The average molecular weight is 519 g/mol. The molecule has 166 valence electrons. The van der Waals surface area contributed by atoms with Gasteiger partial charge in [0.25, 0.3) is 5.56 Å². The monoisotopic (exact) mass is 517 g/mol. The van der Waals surface area contributed by atoms with Gasteiger partial charge in [0.1, 0.15) is 17.4 Å². The summed E-state index contributed by atoms with van der Waals surface area (Å²) in [6, 6.07) is 14.1. The molecule has 0 unspecified atom stereocenters. The van der Waals surface area contributed by atoms with Crippen molar-refractivity contribution in [1.29, 1.82) is 0 Å². The van der Waals surface area contributed by atoms with Crippen molar-refractivity contribution in [2.45, 2.75) is 25.8 Å². The minimum absolute atomic E-state index is 0.0308. The van der Waals surface area contributed by atoms with Crippen molar-refractivity contribution < 1.29 is 13.9 Å². The Morgan fingerprint density at radius 2 is 1.94 bits per heavy atom. The second-order valence-corrected chi connectivity index (χ2v) is 9.34. The highest BCUT2D eigenvalue weighted by atomic mass is 79.9. The van der Waals surface area contributed by atoms with Crippen LogP contribution in [0.3, 0.4) is 0 Å². The third-order valence-electron chi connectivity index (χ3n) is 5.49. The number of hydrogen-bond acceptors (Lipinski definition) is 3. The minimum atomic E-state index is -0.438. The lowest BCUT2D eigenvalue weighted by Crippen LogP contribution is -2.26. The molecule has 1 aliphatic carbocycles. The van der Waals surface area contributed by atoms with Crippen LogP contribution in [0.1, 0.15) is 39.9 Å². The summed E-state index contributed by atoms with van der Waals surface area (Å²) in [7, 11) is 0. The van der Waals surface area contributed by atoms with Crippen LogP contribution in [0.15, 0.2) is 64.0 Å². The SMILES string of the molecule is O=C(COCC1CC1)c1cn(Cc2ccccc2)c(=O)c(Cl)c1Cc1ccc(Br)cc1F. The molecular formula is C25H22BrClFNO3. The van der Waals surface area contributed by atoms with Crippen molar-refractivity contribution in [3.63, 3.8) is 0 Å². The maximum Gasteiger partial charge on any atom is 0.269 e. The van der Waals surface area contributed by atoms with Gasteiger partial charge in [-0.05, 0) is 47.6 Å². The fraction of sp³-hybridized carbons (Fsp3) is 0.280. The van der Waals surface area contributed by atoms with Gasteiger partial charge in [0.05, 0.1) is 13.2 Å². The largest absolute Gasteiger partial charge is 0.373 e. The minimum Gasteiger partial charge on any atom is -0.373 e. The van der Waals surface area contributed by atoms with Crippen LogP contribution in [0.2, 0.25) is 5.02 Å². The van der Waals surface area contributed by atoms with Crippen LogP contribution in [0.4, 0.5) is 4.39 Å². The van der Waals surface area contributed by atoms with Crippen LogP contribution in [-0.2, 0) is 17.7 Å². The Bertz CT molecular complexity index is 1190. The number of carbonyl (C=O) groups excluding carboxylic acids is 1. The van der Waals surface area contributed by atoms with Crippen LogP contribution in [0, 0.1) is 11.7 Å². The van der Waals surface area contributed by atoms with Crippen molar-refractivity contribution in [2.75, 3.05) is 13.2 Å². The number of benzene rings is 2. The van der Waals surface area contributed by atoms with Crippen LogP contribution >= 0.6 is 27.5 Å². The molecule has 1 saturated carbocycles. The number of nitrogens with zero attached hydrogens (tertiary/aromatic N) is 1. The van der Waals surface area contributed by atoms with E-state index in [0.717, 1.165) is 18.4 Å². The number of pyridine rings is 1. The van der Waals surface area contributed by atoms with E-state index in [1.807, 2.05) is 30.3 Å². The average Bonchev–Trinajstić information content (AvgIpc) is 3.60. The maximum absolute atomic E-state index is 14.5. The molecule has 0 amide bonds. The Morgan fingerprint density at radius 3 is 2.62 bits per heavy atom. The molecule has 0 N–H and O–H groups in total. The highest BCUT2D eigenvalue weighted by Crippen LogP contribution is 2.29. The molecule has 1 aromatic heterocycles. The number of hydrogen-bond donors (Lipinski definition) is 0. The van der Waals surface area contributed by atoms with Crippen molar-refractivity contribution in [3.8, 4) is 0 Å². The number of carbonyl (C=O) groups is 1. The van der Waals surface area contributed by atoms with Gasteiger partial charge in [-0.25, -0.2) is 4.39 Å². The first-order valence-electron chi connectivity index (χ1n) is 10.4. The zero-order valence-electron chi connectivity index (χ0n) is 17.3. The van der Waals surface area contributed by atoms with E-state index in [9.17, 15) is 14.0 Å². The summed E-state index contributed by atoms with van der Waals surface area (Å²) in [5.74, 6) is -0.191. The summed E-state index contributed by atoms with van der Waals surface area (Å²) in [6.07, 6.45) is 3.80. The zero-order valence-corrected chi connectivity index (χ0v) is 19.7. The molecule has 7 heteroatoms. The molecule has 0 bridgehead atoms. The molecule has 2 aromatic carbocycles. The molecule has 0 aliphatic heterocycles. The van der Waals surface area contributed by atoms with E-state index in [0.29, 0.717) is 28.1 Å². The Morgan fingerprint density at radius 1 is 1.19 bits per heavy atom. The van der Waals surface area contributed by atoms with E-state index < -0.39 is 11.4 Å². The van der Waals surface area contributed by atoms with Gasteiger partial charge in [-0.1, -0.05) is 63.9 Å². The van der Waals surface area contributed by atoms with Crippen molar-refractivity contribution in [3.05, 3.63) is 103 Å². The van der Waals surface area contributed by atoms with Crippen LogP contribution in [0.25, 0.3) is 0 Å². The number of ether oxygens (including phenoxy) is 1. The summed E-state index contributed by atoms with van der Waals surface area (Å²) in [5.41, 5.74) is 1.44. The van der Waals surface area contributed by atoms with E-state index in [1.165, 1.54) is 16.8 Å². The molecule has 1 fully saturated rings. The molecule has 1 aliphatic rings. The lowest BCUT2D eigenvalue weighted by molar-refractivity contribution is 0.0738. The predicted molar refractivity (Wildman–Crippen MR) is 126 cm³/mol. The molecule has 1 heterocycles. The molecule has 0 atom stereocenters. The number of rotatable bonds is 9. The second-order valence-electron chi connectivity index (χ2n) is 8.05. The fourth-order valence-corrected chi connectivity index (χ4v) is 4.12. The Kier molecular flexibility index (Phi) is 7.23. The quantitative estimate of drug-likeness (QED) is 0.344. The van der Waals surface area contributed by atoms with Crippen molar-refractivity contribution in [1.82, 2.24) is 4.57 Å². The van der Waals surface area contributed by atoms with E-state index in [-0.39, 0.29) is 35.9 Å². The van der Waals surface area contributed by atoms with Crippen LogP contribution in [0.5, 0.6) is 0 Å². The lowest BCUT2D eigenvalue weighted by atomic mass is 9.98. The third kappa shape index (κ3) is 5.55. The predicted octanol–water partition coefficient (Wildman–Crippen LogP) is 5.65. The van der Waals surface area contributed by atoms with E-state index in [4.69, 9.17) is 16.3 Å². The van der Waals surface area contributed by atoms with E-state index >= 15 is 0 Å².